The van der Waals surface area contributed by atoms with E-state index in [-0.39, 0.29) is 11.5 Å². The standard InChI is InChI=1S/C14H16BrN3O/c1-9(16-2)12-17-13(18-19-12)14(6-7-14)10-4-3-5-11(15)8-10/h3-5,8-9,16H,6-7H2,1-2H3. The lowest BCUT2D eigenvalue weighted by atomic mass is 9.95. The molecule has 1 aliphatic carbocycles. The number of hydrogen-bond donors (Lipinski definition) is 1. The van der Waals surface area contributed by atoms with Crippen molar-refractivity contribution in [3.63, 3.8) is 0 Å². The summed E-state index contributed by atoms with van der Waals surface area (Å²) in [5.74, 6) is 1.46. The molecular weight excluding hydrogens is 306 g/mol. The van der Waals surface area contributed by atoms with Crippen molar-refractivity contribution in [1.29, 1.82) is 0 Å². The number of hydrogen-bond acceptors (Lipinski definition) is 4. The van der Waals surface area contributed by atoms with Crippen molar-refractivity contribution < 1.29 is 4.52 Å². The highest BCUT2D eigenvalue weighted by Gasteiger charge is 2.50. The Hall–Kier alpha value is -1.20. The lowest BCUT2D eigenvalue weighted by Crippen LogP contribution is -2.14. The third-order valence-corrected chi connectivity index (χ3v) is 4.29. The minimum absolute atomic E-state index is 0.0427. The zero-order valence-electron chi connectivity index (χ0n) is 11.0. The van der Waals surface area contributed by atoms with Crippen LogP contribution in [-0.4, -0.2) is 17.2 Å². The monoisotopic (exact) mass is 321 g/mol. The van der Waals surface area contributed by atoms with Crippen LogP contribution in [0.5, 0.6) is 0 Å². The molecule has 19 heavy (non-hydrogen) atoms. The van der Waals surface area contributed by atoms with Gasteiger partial charge in [-0.25, -0.2) is 0 Å². The maximum Gasteiger partial charge on any atom is 0.243 e. The first-order valence-electron chi connectivity index (χ1n) is 6.43. The Balaban J connectivity index is 1.95. The quantitative estimate of drug-likeness (QED) is 0.939. The Bertz CT molecular complexity index is 592. The Labute approximate surface area is 120 Å². The number of nitrogens with one attached hydrogen (secondary N) is 1. The van der Waals surface area contributed by atoms with Crippen LogP contribution >= 0.6 is 15.9 Å². The van der Waals surface area contributed by atoms with E-state index < -0.39 is 0 Å². The van der Waals surface area contributed by atoms with Crippen molar-refractivity contribution in [2.75, 3.05) is 7.05 Å². The fourth-order valence-electron chi connectivity index (χ4n) is 2.28. The molecular formula is C14H16BrN3O. The van der Waals surface area contributed by atoms with Crippen LogP contribution in [0, 0.1) is 0 Å². The summed E-state index contributed by atoms with van der Waals surface area (Å²) in [6.45, 7) is 2.01. The van der Waals surface area contributed by atoms with Gasteiger partial charge in [0.1, 0.15) is 0 Å². The van der Waals surface area contributed by atoms with Crippen molar-refractivity contribution in [3.8, 4) is 0 Å². The fraction of sp³-hybridized carbons (Fsp3) is 0.429. The molecule has 100 valence electrons. The molecule has 1 aromatic carbocycles. The smallest absolute Gasteiger partial charge is 0.243 e. The van der Waals surface area contributed by atoms with E-state index in [1.807, 2.05) is 20.0 Å². The summed E-state index contributed by atoms with van der Waals surface area (Å²) in [6, 6.07) is 8.44. The molecule has 1 aliphatic rings. The summed E-state index contributed by atoms with van der Waals surface area (Å²) in [4.78, 5) is 4.57. The molecule has 0 aliphatic heterocycles. The minimum Gasteiger partial charge on any atom is -0.338 e. The Morgan fingerprint density at radius 1 is 1.42 bits per heavy atom. The Kier molecular flexibility index (Phi) is 3.19. The SMILES string of the molecule is CNC(C)c1nc(C2(c3cccc(Br)c3)CC2)no1. The first-order chi connectivity index (χ1) is 9.15. The maximum atomic E-state index is 5.36. The number of nitrogens with zero attached hydrogens (tertiary/aromatic N) is 2. The van der Waals surface area contributed by atoms with E-state index in [2.05, 4.69) is 49.6 Å². The third kappa shape index (κ3) is 2.21. The second-order valence-corrected chi connectivity index (χ2v) is 5.97. The second-order valence-electron chi connectivity index (χ2n) is 5.06. The van der Waals surface area contributed by atoms with Gasteiger partial charge in [0, 0.05) is 4.47 Å². The summed E-state index contributed by atoms with van der Waals surface area (Å²) < 4.78 is 6.45. The molecule has 0 bridgehead atoms. The van der Waals surface area contributed by atoms with Gasteiger partial charge in [0.15, 0.2) is 5.82 Å². The molecule has 4 nitrogen and oxygen atoms in total. The number of rotatable bonds is 4. The van der Waals surface area contributed by atoms with E-state index in [0.717, 1.165) is 23.1 Å². The van der Waals surface area contributed by atoms with Crippen LogP contribution in [0.25, 0.3) is 0 Å². The van der Waals surface area contributed by atoms with E-state index in [1.165, 1.54) is 5.56 Å². The Morgan fingerprint density at radius 2 is 2.21 bits per heavy atom. The highest BCUT2D eigenvalue weighted by Crippen LogP contribution is 2.52. The van der Waals surface area contributed by atoms with Gasteiger partial charge in [-0.1, -0.05) is 33.2 Å². The van der Waals surface area contributed by atoms with Crippen LogP contribution in [0.3, 0.4) is 0 Å². The molecule has 1 unspecified atom stereocenters. The van der Waals surface area contributed by atoms with Crippen molar-refractivity contribution in [2.24, 2.45) is 0 Å². The molecule has 5 heteroatoms. The summed E-state index contributed by atoms with van der Waals surface area (Å²) in [5.41, 5.74) is 1.21. The maximum absolute atomic E-state index is 5.36. The first-order valence-corrected chi connectivity index (χ1v) is 7.22. The number of halogens is 1. The highest BCUT2D eigenvalue weighted by atomic mass is 79.9. The predicted octanol–water partition coefficient (Wildman–Crippen LogP) is 3.19. The zero-order chi connectivity index (χ0) is 13.5. The number of benzene rings is 1. The minimum atomic E-state index is -0.0427. The fourth-order valence-corrected chi connectivity index (χ4v) is 2.68. The van der Waals surface area contributed by atoms with Crippen LogP contribution in [-0.2, 0) is 5.41 Å². The van der Waals surface area contributed by atoms with E-state index >= 15 is 0 Å². The van der Waals surface area contributed by atoms with Gasteiger partial charge in [0.2, 0.25) is 5.89 Å². The largest absolute Gasteiger partial charge is 0.338 e. The van der Waals surface area contributed by atoms with Gasteiger partial charge in [0.05, 0.1) is 11.5 Å². The molecule has 0 saturated heterocycles. The molecule has 1 N–H and O–H groups in total. The molecule has 1 fully saturated rings. The molecule has 1 atom stereocenters. The van der Waals surface area contributed by atoms with E-state index in [9.17, 15) is 0 Å². The van der Waals surface area contributed by atoms with E-state index in [4.69, 9.17) is 4.52 Å². The van der Waals surface area contributed by atoms with E-state index in [0.29, 0.717) is 5.89 Å². The third-order valence-electron chi connectivity index (χ3n) is 3.80. The van der Waals surface area contributed by atoms with Crippen molar-refractivity contribution in [2.45, 2.75) is 31.2 Å². The van der Waals surface area contributed by atoms with Crippen molar-refractivity contribution in [3.05, 3.63) is 46.0 Å². The van der Waals surface area contributed by atoms with Crippen LogP contribution in [0.4, 0.5) is 0 Å². The lowest BCUT2D eigenvalue weighted by molar-refractivity contribution is 0.341. The summed E-state index contributed by atoms with van der Waals surface area (Å²) in [5, 5.41) is 7.30. The van der Waals surface area contributed by atoms with Gasteiger partial charge < -0.3 is 9.84 Å². The Morgan fingerprint density at radius 3 is 2.84 bits per heavy atom. The van der Waals surface area contributed by atoms with Gasteiger partial charge in [-0.3, -0.25) is 0 Å². The summed E-state index contributed by atoms with van der Waals surface area (Å²) in [6.07, 6.45) is 2.16. The molecule has 1 heterocycles. The zero-order valence-corrected chi connectivity index (χ0v) is 12.6. The highest BCUT2D eigenvalue weighted by molar-refractivity contribution is 9.10. The van der Waals surface area contributed by atoms with Crippen LogP contribution in [0.1, 0.15) is 43.1 Å². The van der Waals surface area contributed by atoms with Gasteiger partial charge in [-0.15, -0.1) is 0 Å². The van der Waals surface area contributed by atoms with Crippen molar-refractivity contribution >= 4 is 15.9 Å². The normalized spacial score (nSPS) is 18.3. The van der Waals surface area contributed by atoms with Crippen molar-refractivity contribution in [1.82, 2.24) is 15.5 Å². The molecule has 0 radical (unpaired) electrons. The summed E-state index contributed by atoms with van der Waals surface area (Å²) in [7, 11) is 1.88. The molecule has 2 aromatic rings. The summed E-state index contributed by atoms with van der Waals surface area (Å²) >= 11 is 3.52. The van der Waals surface area contributed by atoms with Crippen LogP contribution in [0.2, 0.25) is 0 Å². The van der Waals surface area contributed by atoms with Gasteiger partial charge in [-0.05, 0) is 44.5 Å². The van der Waals surface area contributed by atoms with Crippen LogP contribution in [0.15, 0.2) is 33.3 Å². The average molecular weight is 322 g/mol. The van der Waals surface area contributed by atoms with Crippen LogP contribution < -0.4 is 5.32 Å². The average Bonchev–Trinajstić information content (AvgIpc) is 3.09. The van der Waals surface area contributed by atoms with Gasteiger partial charge in [-0.2, -0.15) is 4.98 Å². The second kappa shape index (κ2) is 4.72. The topological polar surface area (TPSA) is 51.0 Å². The van der Waals surface area contributed by atoms with E-state index in [1.54, 1.807) is 0 Å². The molecule has 0 amide bonds. The predicted molar refractivity (Wildman–Crippen MR) is 75.9 cm³/mol. The van der Waals surface area contributed by atoms with Gasteiger partial charge in [0.25, 0.3) is 0 Å². The molecule has 3 rings (SSSR count). The molecule has 1 aromatic heterocycles. The van der Waals surface area contributed by atoms with Gasteiger partial charge >= 0.3 is 0 Å². The molecule has 0 spiro atoms. The first kappa shape index (κ1) is 12.8. The lowest BCUT2D eigenvalue weighted by Gasteiger charge is -2.11. The molecule has 1 saturated carbocycles. The number of aromatic nitrogens is 2.